The summed E-state index contributed by atoms with van der Waals surface area (Å²) in [7, 11) is -3.67. The van der Waals surface area contributed by atoms with Gasteiger partial charge in [-0.2, -0.15) is 0 Å². The molecule has 0 unspecified atom stereocenters. The van der Waals surface area contributed by atoms with Crippen LogP contribution in [0.25, 0.3) is 0 Å². The van der Waals surface area contributed by atoms with Crippen molar-refractivity contribution in [3.8, 4) is 0 Å². The van der Waals surface area contributed by atoms with Crippen molar-refractivity contribution in [2.75, 3.05) is 22.7 Å². The second kappa shape index (κ2) is 7.61. The smallest absolute Gasteiger partial charge is 0.263 e. The molecule has 0 amide bonds. The Kier molecular flexibility index (Phi) is 5.77. The van der Waals surface area contributed by atoms with Crippen LogP contribution in [-0.2, 0) is 10.0 Å². The predicted octanol–water partition coefficient (Wildman–Crippen LogP) is 3.25. The fraction of sp³-hybridized carbons (Fsp3) is 0.412. The van der Waals surface area contributed by atoms with Crippen LogP contribution in [0.1, 0.15) is 39.2 Å². The van der Waals surface area contributed by atoms with E-state index in [9.17, 15) is 8.42 Å². The molecule has 7 heteroatoms. The summed E-state index contributed by atoms with van der Waals surface area (Å²) in [6, 6.07) is 10.3. The van der Waals surface area contributed by atoms with Crippen molar-refractivity contribution in [1.82, 2.24) is 10.2 Å². The monoisotopic (exact) mass is 348 g/mol. The third-order valence-electron chi connectivity index (χ3n) is 3.83. The van der Waals surface area contributed by atoms with Gasteiger partial charge in [-0.05, 0) is 49.6 Å². The molecule has 0 aliphatic carbocycles. The van der Waals surface area contributed by atoms with E-state index in [1.807, 2.05) is 30.9 Å². The van der Waals surface area contributed by atoms with Crippen LogP contribution in [-0.4, -0.2) is 31.7 Å². The Hall–Kier alpha value is -2.15. The molecule has 0 aliphatic heterocycles. The Balaban J connectivity index is 2.16. The highest BCUT2D eigenvalue weighted by molar-refractivity contribution is 7.92. The van der Waals surface area contributed by atoms with Gasteiger partial charge in [-0.3, -0.25) is 4.72 Å². The van der Waals surface area contributed by atoms with Crippen LogP contribution in [0, 0.1) is 0 Å². The molecule has 0 saturated heterocycles. The van der Waals surface area contributed by atoms with E-state index >= 15 is 0 Å². The number of aromatic nitrogens is 2. The van der Waals surface area contributed by atoms with Crippen LogP contribution in [0.3, 0.4) is 0 Å². The lowest BCUT2D eigenvalue weighted by molar-refractivity contribution is 0.601. The van der Waals surface area contributed by atoms with Crippen molar-refractivity contribution in [2.24, 2.45) is 0 Å². The number of benzene rings is 1. The molecule has 130 valence electrons. The molecule has 1 aromatic heterocycles. The van der Waals surface area contributed by atoms with Gasteiger partial charge in [0.25, 0.3) is 10.0 Å². The van der Waals surface area contributed by atoms with Crippen molar-refractivity contribution in [3.63, 3.8) is 0 Å². The Labute approximate surface area is 144 Å². The lowest BCUT2D eigenvalue weighted by atomic mass is 10.0. The van der Waals surface area contributed by atoms with Gasteiger partial charge in [0.15, 0.2) is 11.6 Å². The maximum absolute atomic E-state index is 12.4. The van der Waals surface area contributed by atoms with Gasteiger partial charge < -0.3 is 4.90 Å². The van der Waals surface area contributed by atoms with E-state index in [0.717, 1.165) is 24.5 Å². The zero-order valence-electron chi connectivity index (χ0n) is 14.5. The minimum Gasteiger partial charge on any atom is -0.356 e. The molecule has 1 aromatic carbocycles. The lowest BCUT2D eigenvalue weighted by Gasteiger charge is -2.18. The number of sulfonamides is 1. The summed E-state index contributed by atoms with van der Waals surface area (Å²) in [5, 5.41) is 8.05. The Morgan fingerprint density at radius 3 is 2.08 bits per heavy atom. The third-order valence-corrected chi connectivity index (χ3v) is 5.20. The van der Waals surface area contributed by atoms with E-state index in [1.54, 1.807) is 24.3 Å². The highest BCUT2D eigenvalue weighted by Crippen LogP contribution is 2.19. The van der Waals surface area contributed by atoms with Crippen molar-refractivity contribution in [3.05, 3.63) is 42.0 Å². The highest BCUT2D eigenvalue weighted by atomic mass is 32.2. The van der Waals surface area contributed by atoms with Crippen molar-refractivity contribution in [2.45, 2.75) is 38.5 Å². The molecular weight excluding hydrogens is 324 g/mol. The molecule has 6 nitrogen and oxygen atoms in total. The van der Waals surface area contributed by atoms with Crippen LogP contribution in [0.15, 0.2) is 41.3 Å². The van der Waals surface area contributed by atoms with Gasteiger partial charge in [-0.15, -0.1) is 10.2 Å². The first-order chi connectivity index (χ1) is 11.4. The summed E-state index contributed by atoms with van der Waals surface area (Å²) < 4.78 is 27.3. The van der Waals surface area contributed by atoms with Gasteiger partial charge in [-0.1, -0.05) is 26.0 Å². The van der Waals surface area contributed by atoms with E-state index in [-0.39, 0.29) is 10.7 Å². The lowest BCUT2D eigenvalue weighted by Crippen LogP contribution is -2.23. The normalized spacial score (nSPS) is 11.5. The topological polar surface area (TPSA) is 75.2 Å². The second-order valence-electron chi connectivity index (χ2n) is 5.78. The maximum atomic E-state index is 12.4. The highest BCUT2D eigenvalue weighted by Gasteiger charge is 2.16. The van der Waals surface area contributed by atoms with Crippen molar-refractivity contribution < 1.29 is 8.42 Å². The number of hydrogen-bond donors (Lipinski definition) is 1. The third kappa shape index (κ3) is 4.23. The number of nitrogens with zero attached hydrogens (tertiary/aromatic N) is 3. The summed E-state index contributed by atoms with van der Waals surface area (Å²) in [4.78, 5) is 2.25. The molecule has 1 heterocycles. The zero-order chi connectivity index (χ0) is 17.7. The van der Waals surface area contributed by atoms with Gasteiger partial charge in [0.05, 0.1) is 4.90 Å². The Morgan fingerprint density at radius 1 is 1.00 bits per heavy atom. The first kappa shape index (κ1) is 18.2. The zero-order valence-corrected chi connectivity index (χ0v) is 15.3. The average Bonchev–Trinajstić information content (AvgIpc) is 2.57. The number of hydrogen-bond acceptors (Lipinski definition) is 5. The average molecular weight is 348 g/mol. The van der Waals surface area contributed by atoms with Gasteiger partial charge in [-0.25, -0.2) is 8.42 Å². The van der Waals surface area contributed by atoms with Gasteiger partial charge >= 0.3 is 0 Å². The molecule has 0 spiro atoms. The summed E-state index contributed by atoms with van der Waals surface area (Å²) in [5.74, 6) is 1.29. The fourth-order valence-corrected chi connectivity index (χ4v) is 3.32. The van der Waals surface area contributed by atoms with Gasteiger partial charge in [0, 0.05) is 13.1 Å². The molecular formula is C17H24N4O2S. The second-order valence-corrected chi connectivity index (χ2v) is 7.46. The maximum Gasteiger partial charge on any atom is 0.263 e. The first-order valence-corrected chi connectivity index (χ1v) is 9.57. The number of anilines is 2. The van der Waals surface area contributed by atoms with E-state index in [2.05, 4.69) is 28.8 Å². The van der Waals surface area contributed by atoms with Crippen LogP contribution in [0.2, 0.25) is 0 Å². The van der Waals surface area contributed by atoms with Gasteiger partial charge in [0.1, 0.15) is 0 Å². The standard InChI is InChI=1S/C17H24N4O2S/c1-5-21(6-2)17-12-11-16(18-19-17)20-24(22,23)15-9-7-14(8-10-15)13(3)4/h7-13H,5-6H2,1-4H3,(H,18,20). The number of rotatable bonds is 7. The quantitative estimate of drug-likeness (QED) is 0.831. The molecule has 24 heavy (non-hydrogen) atoms. The first-order valence-electron chi connectivity index (χ1n) is 8.08. The Morgan fingerprint density at radius 2 is 1.62 bits per heavy atom. The largest absolute Gasteiger partial charge is 0.356 e. The van der Waals surface area contributed by atoms with E-state index < -0.39 is 10.0 Å². The minimum absolute atomic E-state index is 0.207. The SMILES string of the molecule is CCN(CC)c1ccc(NS(=O)(=O)c2ccc(C(C)C)cc2)nn1. The minimum atomic E-state index is -3.67. The van der Waals surface area contributed by atoms with Crippen LogP contribution in [0.5, 0.6) is 0 Å². The Bertz CT molecular complexity index is 752. The van der Waals surface area contributed by atoms with E-state index in [0.29, 0.717) is 5.92 Å². The van der Waals surface area contributed by atoms with Crippen LogP contribution >= 0.6 is 0 Å². The molecule has 0 aliphatic rings. The molecule has 2 rings (SSSR count). The van der Waals surface area contributed by atoms with E-state index in [4.69, 9.17) is 0 Å². The molecule has 1 N–H and O–H groups in total. The predicted molar refractivity (Wildman–Crippen MR) is 96.9 cm³/mol. The fourth-order valence-electron chi connectivity index (χ4n) is 2.32. The molecule has 2 aromatic rings. The summed E-state index contributed by atoms with van der Waals surface area (Å²) >= 11 is 0. The van der Waals surface area contributed by atoms with Crippen LogP contribution in [0.4, 0.5) is 11.6 Å². The summed E-state index contributed by atoms with van der Waals surface area (Å²) in [6.45, 7) is 9.83. The molecule has 0 radical (unpaired) electrons. The molecule has 0 saturated carbocycles. The molecule has 0 atom stereocenters. The summed E-state index contributed by atoms with van der Waals surface area (Å²) in [5.41, 5.74) is 1.09. The van der Waals surface area contributed by atoms with Crippen molar-refractivity contribution in [1.29, 1.82) is 0 Å². The van der Waals surface area contributed by atoms with Crippen molar-refractivity contribution >= 4 is 21.7 Å². The van der Waals surface area contributed by atoms with Crippen LogP contribution < -0.4 is 9.62 Å². The molecule has 0 fully saturated rings. The molecule has 0 bridgehead atoms. The summed E-state index contributed by atoms with van der Waals surface area (Å²) in [6.07, 6.45) is 0. The number of nitrogens with one attached hydrogen (secondary N) is 1. The van der Waals surface area contributed by atoms with Gasteiger partial charge in [0.2, 0.25) is 0 Å². The van der Waals surface area contributed by atoms with E-state index in [1.165, 1.54) is 0 Å².